The lowest BCUT2D eigenvalue weighted by Gasteiger charge is -2.52. The van der Waals surface area contributed by atoms with Crippen molar-refractivity contribution in [3.05, 3.63) is 58.3 Å². The Morgan fingerprint density at radius 1 is 1.10 bits per heavy atom. The van der Waals surface area contributed by atoms with Gasteiger partial charge in [0, 0.05) is 61.9 Å². The summed E-state index contributed by atoms with van der Waals surface area (Å²) < 4.78 is 54.7. The molecule has 2 amide bonds. The van der Waals surface area contributed by atoms with Gasteiger partial charge in [0.1, 0.15) is 5.82 Å². The Morgan fingerprint density at radius 3 is 2.35 bits per heavy atom. The number of hydrogen-bond acceptors (Lipinski definition) is 4. The molecule has 2 aromatic rings. The van der Waals surface area contributed by atoms with Gasteiger partial charge < -0.3 is 19.5 Å². The maximum Gasteiger partial charge on any atom is 0.389 e. The van der Waals surface area contributed by atoms with E-state index < -0.39 is 52.7 Å². The van der Waals surface area contributed by atoms with Gasteiger partial charge in [0.15, 0.2) is 0 Å². The first kappa shape index (κ1) is 29.8. The zero-order valence-corrected chi connectivity index (χ0v) is 22.9. The van der Waals surface area contributed by atoms with Crippen LogP contribution in [0.2, 0.25) is 0 Å². The van der Waals surface area contributed by atoms with Crippen LogP contribution in [-0.4, -0.2) is 70.3 Å². The van der Waals surface area contributed by atoms with Crippen LogP contribution in [0.5, 0.6) is 0 Å². The number of carbonyl (C=O) groups excluding carboxylic acids is 2. The zero-order chi connectivity index (χ0) is 29.5. The first-order chi connectivity index (χ1) is 18.7. The molecule has 218 valence electrons. The smallest absolute Gasteiger partial charge is 0.387 e. The molecule has 1 aromatic heterocycles. The normalized spacial score (nSPS) is 21.4. The molecule has 0 bridgehead atoms. The minimum Gasteiger partial charge on any atom is -0.387 e. The highest BCUT2D eigenvalue weighted by Crippen LogP contribution is 2.52. The molecule has 0 radical (unpaired) electrons. The van der Waals surface area contributed by atoms with Crippen molar-refractivity contribution in [2.45, 2.75) is 63.8 Å². The molecule has 1 aromatic carbocycles. The topological polar surface area (TPSA) is 82.8 Å². The predicted molar refractivity (Wildman–Crippen MR) is 141 cm³/mol. The molecule has 1 saturated heterocycles. The van der Waals surface area contributed by atoms with Crippen LogP contribution >= 0.6 is 0 Å². The second-order valence-electron chi connectivity index (χ2n) is 11.5. The molecule has 2 heterocycles. The minimum absolute atomic E-state index is 0.0465. The molecule has 11 heteroatoms. The lowest BCUT2D eigenvalue weighted by molar-refractivity contribution is -0.172. The summed E-state index contributed by atoms with van der Waals surface area (Å²) in [5, 5.41) is 12.1. The third kappa shape index (κ3) is 5.80. The molecule has 0 unspecified atom stereocenters. The monoisotopic (exact) mass is 565 g/mol. The fraction of sp³-hybridized carbons (Fsp3) is 0.552. The van der Waals surface area contributed by atoms with Crippen molar-refractivity contribution in [3.63, 3.8) is 0 Å². The van der Waals surface area contributed by atoms with Gasteiger partial charge >= 0.3 is 6.18 Å². The standard InChI is InChI=1S/C29H35F4N3O4/c1-19(15-29(31,32)33)25(38)35-13-12-28(40,27(17-35)10-6-7-11-27)18-36-16-22(26(39)34(2)3)21(14-24(36)37)20-8-4-5-9-23(20)30/h4-5,8-9,14,16,19,40H,6-7,10-13,15,17-18H2,1-3H3/t19-,28+/m1/s1. The van der Waals surface area contributed by atoms with Crippen molar-refractivity contribution < 1.29 is 32.3 Å². The van der Waals surface area contributed by atoms with E-state index in [0.29, 0.717) is 12.8 Å². The highest BCUT2D eigenvalue weighted by atomic mass is 19.4. The average molecular weight is 566 g/mol. The number of piperidine rings is 1. The molecule has 7 nitrogen and oxygen atoms in total. The van der Waals surface area contributed by atoms with Crippen molar-refractivity contribution in [1.82, 2.24) is 14.4 Å². The first-order valence-electron chi connectivity index (χ1n) is 13.5. The van der Waals surface area contributed by atoms with Gasteiger partial charge in [0.25, 0.3) is 11.5 Å². The Balaban J connectivity index is 1.69. The SMILES string of the molecule is C[C@H](CC(F)(F)F)C(=O)N1CC[C@](O)(Cn2cc(C(=O)N(C)C)c(-c3ccccc3F)cc2=O)C2(CCCC2)C1. The van der Waals surface area contributed by atoms with Gasteiger partial charge in [-0.3, -0.25) is 14.4 Å². The van der Waals surface area contributed by atoms with Gasteiger partial charge in [-0.15, -0.1) is 0 Å². The van der Waals surface area contributed by atoms with Gasteiger partial charge in [0.2, 0.25) is 5.91 Å². The van der Waals surface area contributed by atoms with E-state index in [1.807, 2.05) is 0 Å². The van der Waals surface area contributed by atoms with E-state index in [0.717, 1.165) is 12.8 Å². The fourth-order valence-electron chi connectivity index (χ4n) is 6.33. The third-order valence-corrected chi connectivity index (χ3v) is 8.47. The molecule has 40 heavy (non-hydrogen) atoms. The number of hydrogen-bond donors (Lipinski definition) is 1. The number of nitrogens with zero attached hydrogens (tertiary/aromatic N) is 3. The van der Waals surface area contributed by atoms with Crippen molar-refractivity contribution in [3.8, 4) is 11.1 Å². The van der Waals surface area contributed by atoms with Crippen LogP contribution < -0.4 is 5.56 Å². The van der Waals surface area contributed by atoms with Gasteiger partial charge in [0.05, 0.1) is 24.1 Å². The first-order valence-corrected chi connectivity index (χ1v) is 13.5. The van der Waals surface area contributed by atoms with Crippen LogP contribution in [0.4, 0.5) is 17.6 Å². The fourth-order valence-corrected chi connectivity index (χ4v) is 6.33. The number of likely N-dealkylation sites (tertiary alicyclic amines) is 1. The molecule has 1 saturated carbocycles. The molecule has 1 N–H and O–H groups in total. The van der Waals surface area contributed by atoms with E-state index in [1.54, 1.807) is 6.07 Å². The van der Waals surface area contributed by atoms with Gasteiger partial charge in [-0.2, -0.15) is 13.2 Å². The van der Waals surface area contributed by atoms with E-state index >= 15 is 0 Å². The Kier molecular flexibility index (Phi) is 8.18. The van der Waals surface area contributed by atoms with Crippen LogP contribution in [-0.2, 0) is 11.3 Å². The third-order valence-electron chi connectivity index (χ3n) is 8.47. The highest BCUT2D eigenvalue weighted by Gasteiger charge is 2.56. The Bertz CT molecular complexity index is 1330. The van der Waals surface area contributed by atoms with Crippen LogP contribution in [0.3, 0.4) is 0 Å². The molecule has 1 aliphatic carbocycles. The largest absolute Gasteiger partial charge is 0.389 e. The number of aromatic nitrogens is 1. The number of amides is 2. The van der Waals surface area contributed by atoms with Crippen molar-refractivity contribution >= 4 is 11.8 Å². The summed E-state index contributed by atoms with van der Waals surface area (Å²) in [4.78, 5) is 42.1. The lowest BCUT2D eigenvalue weighted by atomic mass is 9.65. The molecular weight excluding hydrogens is 530 g/mol. The number of carbonyl (C=O) groups is 2. The zero-order valence-electron chi connectivity index (χ0n) is 22.9. The maximum absolute atomic E-state index is 14.7. The number of pyridine rings is 1. The van der Waals surface area contributed by atoms with E-state index in [9.17, 15) is 37.1 Å². The summed E-state index contributed by atoms with van der Waals surface area (Å²) in [5.74, 6) is -2.88. The van der Waals surface area contributed by atoms with Crippen molar-refractivity contribution in [2.24, 2.45) is 11.3 Å². The Morgan fingerprint density at radius 2 is 1.75 bits per heavy atom. The van der Waals surface area contributed by atoms with Crippen molar-refractivity contribution in [1.29, 1.82) is 0 Å². The number of rotatable bonds is 6. The number of benzene rings is 1. The molecule has 2 aliphatic rings. The second-order valence-corrected chi connectivity index (χ2v) is 11.5. The van der Waals surface area contributed by atoms with Gasteiger partial charge in [-0.25, -0.2) is 4.39 Å². The number of aliphatic hydroxyl groups is 1. The lowest BCUT2D eigenvalue weighted by Crippen LogP contribution is -2.62. The Hall–Kier alpha value is -3.21. The molecular formula is C29H35F4N3O4. The summed E-state index contributed by atoms with van der Waals surface area (Å²) >= 11 is 0. The second kappa shape index (κ2) is 11.0. The summed E-state index contributed by atoms with van der Waals surface area (Å²) in [6.45, 7) is 1.23. The minimum atomic E-state index is -4.46. The van der Waals surface area contributed by atoms with E-state index in [1.165, 1.54) is 65.8 Å². The van der Waals surface area contributed by atoms with Crippen LogP contribution in [0, 0.1) is 17.2 Å². The average Bonchev–Trinajstić information content (AvgIpc) is 3.35. The highest BCUT2D eigenvalue weighted by molar-refractivity contribution is 6.00. The van der Waals surface area contributed by atoms with Crippen LogP contribution in [0.25, 0.3) is 11.1 Å². The molecule has 1 spiro atoms. The quantitative estimate of drug-likeness (QED) is 0.524. The molecule has 4 rings (SSSR count). The van der Waals surface area contributed by atoms with Crippen LogP contribution in [0.15, 0.2) is 41.3 Å². The maximum atomic E-state index is 14.7. The number of halogens is 4. The molecule has 2 atom stereocenters. The van der Waals surface area contributed by atoms with Crippen LogP contribution in [0.1, 0.15) is 55.8 Å². The number of alkyl halides is 3. The summed E-state index contributed by atoms with van der Waals surface area (Å²) in [7, 11) is 3.08. The van der Waals surface area contributed by atoms with Crippen molar-refractivity contribution in [2.75, 3.05) is 27.2 Å². The molecule has 1 aliphatic heterocycles. The van der Waals surface area contributed by atoms with E-state index in [2.05, 4.69) is 0 Å². The Labute approximate surface area is 230 Å². The van der Waals surface area contributed by atoms with Gasteiger partial charge in [-0.05, 0) is 25.3 Å². The van der Waals surface area contributed by atoms with Gasteiger partial charge in [-0.1, -0.05) is 38.0 Å². The molecule has 2 fully saturated rings. The van der Waals surface area contributed by atoms with E-state index in [4.69, 9.17) is 0 Å². The summed E-state index contributed by atoms with van der Waals surface area (Å²) in [6, 6.07) is 7.02. The van der Waals surface area contributed by atoms with E-state index in [-0.39, 0.29) is 42.7 Å². The predicted octanol–water partition coefficient (Wildman–Crippen LogP) is 4.47. The summed E-state index contributed by atoms with van der Waals surface area (Å²) in [5.41, 5.74) is -2.47. The summed E-state index contributed by atoms with van der Waals surface area (Å²) in [6.07, 6.45) is -1.63.